The van der Waals surface area contributed by atoms with Crippen LogP contribution in [0.15, 0.2) is 43.0 Å². The summed E-state index contributed by atoms with van der Waals surface area (Å²) in [6.07, 6.45) is -0.451. The molecule has 6 heteroatoms. The van der Waals surface area contributed by atoms with Crippen LogP contribution in [0.4, 0.5) is 0 Å². The van der Waals surface area contributed by atoms with Gasteiger partial charge >= 0.3 is 0 Å². The highest BCUT2D eigenvalue weighted by atomic mass is 16.5. The zero-order valence-corrected chi connectivity index (χ0v) is 12.0. The van der Waals surface area contributed by atoms with Crippen LogP contribution in [0.2, 0.25) is 0 Å². The smallest absolute Gasteiger partial charge is 0.157 e. The number of hydrogen-bond donors (Lipinski definition) is 5. The molecular formula is C17H16O6. The van der Waals surface area contributed by atoms with E-state index in [9.17, 15) is 25.5 Å². The third-order valence-corrected chi connectivity index (χ3v) is 3.95. The third-order valence-electron chi connectivity index (χ3n) is 3.95. The van der Waals surface area contributed by atoms with Gasteiger partial charge in [0.1, 0.15) is 23.4 Å². The van der Waals surface area contributed by atoms with Gasteiger partial charge in [0.05, 0.1) is 0 Å². The number of phenols is 4. The maximum absolute atomic E-state index is 10.6. The Morgan fingerprint density at radius 3 is 2.35 bits per heavy atom. The number of rotatable bonds is 2. The van der Waals surface area contributed by atoms with Gasteiger partial charge in [0, 0.05) is 23.6 Å². The van der Waals surface area contributed by atoms with Crippen LogP contribution in [0.3, 0.4) is 0 Å². The van der Waals surface area contributed by atoms with Crippen molar-refractivity contribution < 1.29 is 30.3 Å². The largest absolute Gasteiger partial charge is 0.508 e. The highest BCUT2D eigenvalue weighted by Gasteiger charge is 2.38. The van der Waals surface area contributed by atoms with Crippen molar-refractivity contribution in [2.24, 2.45) is 0 Å². The van der Waals surface area contributed by atoms with Crippen LogP contribution in [0.5, 0.6) is 28.7 Å². The van der Waals surface area contributed by atoms with Crippen molar-refractivity contribution >= 4 is 0 Å². The van der Waals surface area contributed by atoms with Gasteiger partial charge in [-0.1, -0.05) is 12.1 Å². The first-order chi connectivity index (χ1) is 10.9. The highest BCUT2D eigenvalue weighted by Crippen LogP contribution is 2.48. The number of fused-ring (bicyclic) bond motifs is 1. The molecule has 0 aromatic heterocycles. The molecule has 0 spiro atoms. The summed E-state index contributed by atoms with van der Waals surface area (Å²) in [5, 5.41) is 49.3. The van der Waals surface area contributed by atoms with Crippen LogP contribution in [-0.2, 0) is 0 Å². The van der Waals surface area contributed by atoms with E-state index in [1.807, 2.05) is 0 Å². The van der Waals surface area contributed by atoms with E-state index >= 15 is 0 Å². The van der Waals surface area contributed by atoms with Crippen molar-refractivity contribution in [1.82, 2.24) is 0 Å². The fourth-order valence-electron chi connectivity index (χ4n) is 2.84. The van der Waals surface area contributed by atoms with E-state index < -0.39 is 18.1 Å². The van der Waals surface area contributed by atoms with Crippen molar-refractivity contribution in [3.8, 4) is 28.7 Å². The molecule has 0 amide bonds. The standard InChI is InChI=1S/C17H16O6/c1-2-10-15-13(21)6-9(18)7-14(15)23-17(16(10)22)8-3-4-11(19)12(20)5-8/h2-7,10,16-22H,1H2/t10?,16-,17+/m0/s1. The summed E-state index contributed by atoms with van der Waals surface area (Å²) in [6.45, 7) is 3.68. The van der Waals surface area contributed by atoms with E-state index in [0.29, 0.717) is 11.1 Å². The van der Waals surface area contributed by atoms with Crippen LogP contribution >= 0.6 is 0 Å². The molecule has 0 bridgehead atoms. The molecule has 1 aliphatic heterocycles. The maximum Gasteiger partial charge on any atom is 0.157 e. The van der Waals surface area contributed by atoms with Gasteiger partial charge in [-0.2, -0.15) is 0 Å². The lowest BCUT2D eigenvalue weighted by Gasteiger charge is -2.36. The fourth-order valence-corrected chi connectivity index (χ4v) is 2.84. The van der Waals surface area contributed by atoms with E-state index in [0.717, 1.165) is 6.07 Å². The van der Waals surface area contributed by atoms with Gasteiger partial charge in [0.15, 0.2) is 17.6 Å². The molecule has 6 nitrogen and oxygen atoms in total. The zero-order chi connectivity index (χ0) is 16.7. The number of aliphatic hydroxyl groups is 1. The van der Waals surface area contributed by atoms with Gasteiger partial charge in [-0.3, -0.25) is 0 Å². The Balaban J connectivity index is 2.10. The van der Waals surface area contributed by atoms with E-state index in [-0.39, 0.29) is 28.7 Å². The Kier molecular flexibility index (Phi) is 3.54. The average Bonchev–Trinajstić information content (AvgIpc) is 2.50. The minimum atomic E-state index is -1.07. The van der Waals surface area contributed by atoms with Crippen LogP contribution in [0.1, 0.15) is 23.1 Å². The van der Waals surface area contributed by atoms with Crippen LogP contribution in [0.25, 0.3) is 0 Å². The minimum Gasteiger partial charge on any atom is -0.508 e. The summed E-state index contributed by atoms with van der Waals surface area (Å²) < 4.78 is 5.71. The summed E-state index contributed by atoms with van der Waals surface area (Å²) in [4.78, 5) is 0. The number of hydrogen-bond acceptors (Lipinski definition) is 6. The summed E-state index contributed by atoms with van der Waals surface area (Å²) in [5.74, 6) is -1.40. The Morgan fingerprint density at radius 1 is 0.957 bits per heavy atom. The minimum absolute atomic E-state index is 0.173. The molecule has 0 radical (unpaired) electrons. The van der Waals surface area contributed by atoms with Gasteiger partial charge in [-0.15, -0.1) is 6.58 Å². The molecule has 1 heterocycles. The maximum atomic E-state index is 10.6. The number of aliphatic hydroxyl groups excluding tert-OH is 1. The summed E-state index contributed by atoms with van der Waals surface area (Å²) in [5.41, 5.74) is 0.776. The highest BCUT2D eigenvalue weighted by molar-refractivity contribution is 5.55. The second kappa shape index (κ2) is 5.40. The van der Waals surface area contributed by atoms with Crippen molar-refractivity contribution in [3.63, 3.8) is 0 Å². The molecule has 2 aromatic carbocycles. The molecule has 3 atom stereocenters. The fraction of sp³-hybridized carbons (Fsp3) is 0.176. The number of aromatic hydroxyl groups is 4. The summed E-state index contributed by atoms with van der Waals surface area (Å²) in [6, 6.07) is 6.59. The van der Waals surface area contributed by atoms with Crippen molar-refractivity contribution in [2.45, 2.75) is 18.1 Å². The lowest BCUT2D eigenvalue weighted by Crippen LogP contribution is -2.33. The van der Waals surface area contributed by atoms with Gasteiger partial charge in [0.2, 0.25) is 0 Å². The first-order valence-electron chi connectivity index (χ1n) is 6.97. The van der Waals surface area contributed by atoms with E-state index in [1.165, 1.54) is 30.3 Å². The summed E-state index contributed by atoms with van der Waals surface area (Å²) in [7, 11) is 0. The van der Waals surface area contributed by atoms with Gasteiger partial charge in [-0.25, -0.2) is 0 Å². The van der Waals surface area contributed by atoms with E-state index in [2.05, 4.69) is 6.58 Å². The Morgan fingerprint density at radius 2 is 1.70 bits per heavy atom. The molecular weight excluding hydrogens is 300 g/mol. The first kappa shape index (κ1) is 15.1. The van der Waals surface area contributed by atoms with Gasteiger partial charge < -0.3 is 30.3 Å². The zero-order valence-electron chi connectivity index (χ0n) is 12.0. The first-order valence-corrected chi connectivity index (χ1v) is 6.97. The lowest BCUT2D eigenvalue weighted by molar-refractivity contribution is 0.00895. The molecule has 120 valence electrons. The normalized spacial score (nSPS) is 22.9. The van der Waals surface area contributed by atoms with E-state index in [4.69, 9.17) is 4.74 Å². The molecule has 0 aliphatic carbocycles. The lowest BCUT2D eigenvalue weighted by atomic mass is 9.84. The Bertz CT molecular complexity index is 770. The molecule has 0 fully saturated rings. The monoisotopic (exact) mass is 316 g/mol. The van der Waals surface area contributed by atoms with E-state index in [1.54, 1.807) is 0 Å². The van der Waals surface area contributed by atoms with Gasteiger partial charge in [0.25, 0.3) is 0 Å². The number of phenolic OH excluding ortho intramolecular Hbond substituents is 4. The molecule has 23 heavy (non-hydrogen) atoms. The average molecular weight is 316 g/mol. The SMILES string of the molecule is C=CC1c2c(O)cc(O)cc2O[C@H](c2ccc(O)c(O)c2)[C@H]1O. The van der Waals surface area contributed by atoms with Crippen LogP contribution < -0.4 is 4.74 Å². The van der Waals surface area contributed by atoms with Crippen LogP contribution in [-0.4, -0.2) is 31.6 Å². The van der Waals surface area contributed by atoms with Crippen molar-refractivity contribution in [2.75, 3.05) is 0 Å². The molecule has 0 saturated carbocycles. The molecule has 5 N–H and O–H groups in total. The Hall–Kier alpha value is -2.86. The molecule has 1 aliphatic rings. The quantitative estimate of drug-likeness (QED) is 0.429. The second-order valence-corrected chi connectivity index (χ2v) is 5.42. The van der Waals surface area contributed by atoms with Gasteiger partial charge in [-0.05, 0) is 17.7 Å². The third kappa shape index (κ3) is 2.43. The topological polar surface area (TPSA) is 110 Å². The van der Waals surface area contributed by atoms with Crippen molar-refractivity contribution in [3.05, 3.63) is 54.1 Å². The summed E-state index contributed by atoms with van der Waals surface area (Å²) >= 11 is 0. The number of benzene rings is 2. The van der Waals surface area contributed by atoms with Crippen LogP contribution in [0, 0.1) is 0 Å². The molecule has 3 rings (SSSR count). The number of ether oxygens (including phenoxy) is 1. The predicted molar refractivity (Wildman–Crippen MR) is 81.9 cm³/mol. The second-order valence-electron chi connectivity index (χ2n) is 5.42. The molecule has 2 aromatic rings. The molecule has 1 unspecified atom stereocenters. The predicted octanol–water partition coefficient (Wildman–Crippen LogP) is 2.27. The Labute approximate surface area is 132 Å². The molecule has 0 saturated heterocycles. The van der Waals surface area contributed by atoms with Crippen molar-refractivity contribution in [1.29, 1.82) is 0 Å².